The Morgan fingerprint density at radius 3 is 3.00 bits per heavy atom. The van der Waals surface area contributed by atoms with Gasteiger partial charge in [-0.3, -0.25) is 4.68 Å². The van der Waals surface area contributed by atoms with E-state index in [1.165, 1.54) is 23.0 Å². The molecule has 1 heterocycles. The first-order valence-corrected chi connectivity index (χ1v) is 6.06. The van der Waals surface area contributed by atoms with Gasteiger partial charge in [-0.15, -0.1) is 0 Å². The monoisotopic (exact) mass is 278 g/mol. The fraction of sp³-hybridized carbons (Fsp3) is 0.231. The number of benzene rings is 1. The molecule has 3 N–H and O–H groups in total. The van der Waals surface area contributed by atoms with Crippen molar-refractivity contribution in [2.75, 3.05) is 17.2 Å². The van der Waals surface area contributed by atoms with E-state index in [2.05, 4.69) is 15.7 Å². The van der Waals surface area contributed by atoms with Crippen LogP contribution in [0.5, 0.6) is 0 Å². The Kier molecular flexibility index (Phi) is 4.31. The summed E-state index contributed by atoms with van der Waals surface area (Å²) in [5.41, 5.74) is 1.66. The fourth-order valence-corrected chi connectivity index (χ4v) is 1.67. The third kappa shape index (κ3) is 3.55. The molecule has 2 amide bonds. The van der Waals surface area contributed by atoms with Crippen molar-refractivity contribution in [2.24, 2.45) is 0 Å². The number of hydrogen-bond donors (Lipinski definition) is 3. The number of urea groups is 1. The summed E-state index contributed by atoms with van der Waals surface area (Å²) in [4.78, 5) is 11.8. The molecule has 0 aliphatic heterocycles. The molecule has 2 aromatic rings. The van der Waals surface area contributed by atoms with Gasteiger partial charge in [-0.05, 0) is 24.6 Å². The highest BCUT2D eigenvalue weighted by molar-refractivity contribution is 6.00. The molecule has 0 radical (unpaired) electrons. The average molecular weight is 278 g/mol. The van der Waals surface area contributed by atoms with Crippen LogP contribution in [0.3, 0.4) is 0 Å². The number of aromatic nitrogens is 2. The number of nitrogens with zero attached hydrogens (tertiary/aromatic N) is 2. The summed E-state index contributed by atoms with van der Waals surface area (Å²) in [6.45, 7) is 2.09. The number of aliphatic hydroxyl groups is 1. The summed E-state index contributed by atoms with van der Waals surface area (Å²) >= 11 is 0. The molecule has 0 aliphatic rings. The second-order valence-corrected chi connectivity index (χ2v) is 4.25. The van der Waals surface area contributed by atoms with Crippen LogP contribution in [0.2, 0.25) is 0 Å². The first kappa shape index (κ1) is 14.0. The second kappa shape index (κ2) is 6.16. The zero-order valence-corrected chi connectivity index (χ0v) is 10.9. The number of hydrogen-bond acceptors (Lipinski definition) is 3. The standard InChI is InChI=1S/C13H15FN4O2/c1-9-2-3-10(14)6-12(9)17-13(20)16-11-7-15-18(8-11)4-5-19/h2-3,6-8,19H,4-5H2,1H3,(H2,16,17,20). The highest BCUT2D eigenvalue weighted by Gasteiger charge is 2.07. The molecule has 0 saturated heterocycles. The molecule has 0 bridgehead atoms. The lowest BCUT2D eigenvalue weighted by Crippen LogP contribution is -2.19. The van der Waals surface area contributed by atoms with Gasteiger partial charge in [0.2, 0.25) is 0 Å². The molecule has 0 fully saturated rings. The Morgan fingerprint density at radius 2 is 2.25 bits per heavy atom. The van der Waals surface area contributed by atoms with Crippen LogP contribution in [0.25, 0.3) is 0 Å². The largest absolute Gasteiger partial charge is 0.394 e. The minimum atomic E-state index is -0.484. The minimum absolute atomic E-state index is 0.0319. The molecule has 1 aromatic carbocycles. The number of anilines is 2. The maximum absolute atomic E-state index is 13.1. The van der Waals surface area contributed by atoms with Crippen molar-refractivity contribution in [1.82, 2.24) is 9.78 Å². The Labute approximate surface area is 115 Å². The molecule has 106 valence electrons. The molecule has 1 aromatic heterocycles. The smallest absolute Gasteiger partial charge is 0.323 e. The van der Waals surface area contributed by atoms with E-state index >= 15 is 0 Å². The van der Waals surface area contributed by atoms with Gasteiger partial charge >= 0.3 is 6.03 Å². The molecule has 0 spiro atoms. The van der Waals surface area contributed by atoms with Gasteiger partial charge < -0.3 is 15.7 Å². The van der Waals surface area contributed by atoms with Crippen LogP contribution in [0.15, 0.2) is 30.6 Å². The summed E-state index contributed by atoms with van der Waals surface area (Å²) in [6.07, 6.45) is 3.06. The molecule has 2 rings (SSSR count). The maximum atomic E-state index is 13.1. The molecule has 6 nitrogen and oxygen atoms in total. The van der Waals surface area contributed by atoms with Gasteiger partial charge in [0.05, 0.1) is 25.0 Å². The summed E-state index contributed by atoms with van der Waals surface area (Å²) in [7, 11) is 0. The van der Waals surface area contributed by atoms with Gasteiger partial charge in [-0.2, -0.15) is 5.10 Å². The number of rotatable bonds is 4. The molecule has 0 unspecified atom stereocenters. The number of aliphatic hydroxyl groups excluding tert-OH is 1. The number of amides is 2. The van der Waals surface area contributed by atoms with Crippen LogP contribution < -0.4 is 10.6 Å². The zero-order valence-electron chi connectivity index (χ0n) is 10.9. The van der Waals surface area contributed by atoms with E-state index in [-0.39, 0.29) is 6.61 Å². The lowest BCUT2D eigenvalue weighted by molar-refractivity contribution is 0.262. The van der Waals surface area contributed by atoms with Crippen LogP contribution in [-0.4, -0.2) is 27.5 Å². The minimum Gasteiger partial charge on any atom is -0.394 e. The third-order valence-electron chi connectivity index (χ3n) is 2.67. The molecule has 0 atom stereocenters. The normalized spacial score (nSPS) is 10.3. The number of halogens is 1. The summed E-state index contributed by atoms with van der Waals surface area (Å²) in [5, 5.41) is 17.9. The van der Waals surface area contributed by atoms with Crippen LogP contribution in [-0.2, 0) is 6.54 Å². The number of nitrogens with one attached hydrogen (secondary N) is 2. The van der Waals surface area contributed by atoms with Gasteiger partial charge in [0.1, 0.15) is 5.82 Å². The number of carbonyl (C=O) groups excluding carboxylic acids is 1. The first-order valence-electron chi connectivity index (χ1n) is 6.06. The molecule has 0 aliphatic carbocycles. The predicted octanol–water partition coefficient (Wildman–Crippen LogP) is 1.97. The van der Waals surface area contributed by atoms with Crippen molar-refractivity contribution in [1.29, 1.82) is 0 Å². The topological polar surface area (TPSA) is 79.2 Å². The zero-order chi connectivity index (χ0) is 14.5. The average Bonchev–Trinajstić information content (AvgIpc) is 2.81. The second-order valence-electron chi connectivity index (χ2n) is 4.25. The van der Waals surface area contributed by atoms with Gasteiger partial charge in [-0.1, -0.05) is 6.07 Å². The SMILES string of the molecule is Cc1ccc(F)cc1NC(=O)Nc1cnn(CCO)c1. The quantitative estimate of drug-likeness (QED) is 0.800. The number of carbonyl (C=O) groups is 1. The maximum Gasteiger partial charge on any atom is 0.323 e. The number of aryl methyl sites for hydroxylation is 1. The van der Waals surface area contributed by atoms with Crippen molar-refractivity contribution < 1.29 is 14.3 Å². The van der Waals surface area contributed by atoms with Crippen LogP contribution >= 0.6 is 0 Å². The molecule has 0 saturated carbocycles. The van der Waals surface area contributed by atoms with E-state index in [0.717, 1.165) is 5.56 Å². The Hall–Kier alpha value is -2.41. The lowest BCUT2D eigenvalue weighted by atomic mass is 10.2. The summed E-state index contributed by atoms with van der Waals surface area (Å²) < 4.78 is 14.6. The van der Waals surface area contributed by atoms with Crippen LogP contribution in [0, 0.1) is 12.7 Å². The van der Waals surface area contributed by atoms with Crippen molar-refractivity contribution in [3.63, 3.8) is 0 Å². The van der Waals surface area contributed by atoms with Crippen molar-refractivity contribution >= 4 is 17.4 Å². The van der Waals surface area contributed by atoms with Crippen LogP contribution in [0.4, 0.5) is 20.6 Å². The van der Waals surface area contributed by atoms with E-state index < -0.39 is 11.8 Å². The summed E-state index contributed by atoms with van der Waals surface area (Å²) in [6, 6.07) is 3.69. The van der Waals surface area contributed by atoms with Gasteiger partial charge in [-0.25, -0.2) is 9.18 Å². The molecule has 7 heteroatoms. The predicted molar refractivity (Wildman–Crippen MR) is 73.1 cm³/mol. The molecule has 20 heavy (non-hydrogen) atoms. The van der Waals surface area contributed by atoms with E-state index in [4.69, 9.17) is 5.11 Å². The van der Waals surface area contributed by atoms with Crippen molar-refractivity contribution in [3.8, 4) is 0 Å². The molecular weight excluding hydrogens is 263 g/mol. The van der Waals surface area contributed by atoms with Crippen molar-refractivity contribution in [2.45, 2.75) is 13.5 Å². The van der Waals surface area contributed by atoms with Gasteiger partial charge in [0.15, 0.2) is 0 Å². The lowest BCUT2D eigenvalue weighted by Gasteiger charge is -2.08. The highest BCUT2D eigenvalue weighted by Crippen LogP contribution is 2.16. The van der Waals surface area contributed by atoms with E-state index in [0.29, 0.717) is 17.9 Å². The first-order chi connectivity index (χ1) is 9.58. The van der Waals surface area contributed by atoms with Crippen molar-refractivity contribution in [3.05, 3.63) is 42.0 Å². The van der Waals surface area contributed by atoms with Crippen LogP contribution in [0.1, 0.15) is 5.56 Å². The van der Waals surface area contributed by atoms with E-state index in [9.17, 15) is 9.18 Å². The summed E-state index contributed by atoms with van der Waals surface area (Å²) in [5.74, 6) is -0.415. The molecular formula is C13H15FN4O2. The fourth-order valence-electron chi connectivity index (χ4n) is 1.67. The van der Waals surface area contributed by atoms with E-state index in [1.54, 1.807) is 19.2 Å². The Balaban J connectivity index is 1.99. The Morgan fingerprint density at radius 1 is 1.45 bits per heavy atom. The van der Waals surface area contributed by atoms with E-state index in [1.807, 2.05) is 0 Å². The Bertz CT molecular complexity index is 612. The third-order valence-corrected chi connectivity index (χ3v) is 2.67. The van der Waals surface area contributed by atoms with Gasteiger partial charge in [0.25, 0.3) is 0 Å². The van der Waals surface area contributed by atoms with Gasteiger partial charge in [0, 0.05) is 11.9 Å². The highest BCUT2D eigenvalue weighted by atomic mass is 19.1.